The van der Waals surface area contributed by atoms with Crippen LogP contribution in [-0.2, 0) is 0 Å². The largest absolute Gasteiger partial charge is 0.322 e. The normalized spacial score (nSPS) is 11.5. The molecule has 0 N–H and O–H groups in total. The molecule has 0 unspecified atom stereocenters. The van der Waals surface area contributed by atoms with E-state index in [2.05, 4.69) is 79.8 Å². The van der Waals surface area contributed by atoms with Crippen molar-refractivity contribution in [2.24, 2.45) is 0 Å². The second-order valence-electron chi connectivity index (χ2n) is 7.79. The molecule has 4 nitrogen and oxygen atoms in total. The zero-order valence-electron chi connectivity index (χ0n) is 16.7. The summed E-state index contributed by atoms with van der Waals surface area (Å²) in [6.45, 7) is 8.84. The summed E-state index contributed by atoms with van der Waals surface area (Å²) < 4.78 is 3.99. The number of benzene rings is 1. The molecule has 0 aliphatic carbocycles. The lowest BCUT2D eigenvalue weighted by Crippen LogP contribution is -2.05. The highest BCUT2D eigenvalue weighted by atomic mass is 15.3. The molecule has 0 aliphatic rings. The Morgan fingerprint density at radius 2 is 1.64 bits per heavy atom. The fraction of sp³-hybridized carbons (Fsp3) is 0.250. The van der Waals surface area contributed by atoms with Gasteiger partial charge in [0.25, 0.3) is 0 Å². The first-order valence-corrected chi connectivity index (χ1v) is 9.70. The molecular weight excluding hydrogens is 344 g/mol. The van der Waals surface area contributed by atoms with E-state index in [1.807, 2.05) is 29.1 Å². The lowest BCUT2D eigenvalue weighted by molar-refractivity contribution is 0.824. The van der Waals surface area contributed by atoms with E-state index in [4.69, 9.17) is 0 Å². The van der Waals surface area contributed by atoms with Crippen molar-refractivity contribution < 1.29 is 0 Å². The highest BCUT2D eigenvalue weighted by molar-refractivity contribution is 5.73. The van der Waals surface area contributed by atoms with Crippen LogP contribution in [0.4, 0.5) is 0 Å². The maximum absolute atomic E-state index is 9.53. The number of nitrogens with zero attached hydrogens (tertiary/aromatic N) is 4. The minimum atomic E-state index is 0.371. The van der Waals surface area contributed by atoms with Gasteiger partial charge < -0.3 is 4.40 Å². The molecule has 0 saturated heterocycles. The standard InChI is InChI=1S/C24H24N4/c1-16(2)21-9-7-10-22(17(3)4)24(21)23-12-18(14-25)26-28(23)20-13-19-8-5-6-11-27(19)15-20/h5-13,15-17H,1-4H3. The van der Waals surface area contributed by atoms with E-state index < -0.39 is 0 Å². The third-order valence-corrected chi connectivity index (χ3v) is 5.19. The number of fused-ring (bicyclic) bond motifs is 1. The number of pyridine rings is 1. The zero-order chi connectivity index (χ0) is 19.8. The van der Waals surface area contributed by atoms with Crippen LogP contribution in [0.1, 0.15) is 56.4 Å². The molecule has 4 aromatic rings. The first-order chi connectivity index (χ1) is 13.5. The van der Waals surface area contributed by atoms with Gasteiger partial charge >= 0.3 is 0 Å². The van der Waals surface area contributed by atoms with Gasteiger partial charge in [-0.25, -0.2) is 4.68 Å². The predicted molar refractivity (Wildman–Crippen MR) is 113 cm³/mol. The molecule has 1 aromatic carbocycles. The Labute approximate surface area is 165 Å². The van der Waals surface area contributed by atoms with Gasteiger partial charge in [-0.05, 0) is 41.2 Å². The van der Waals surface area contributed by atoms with Crippen LogP contribution in [0.25, 0.3) is 22.5 Å². The van der Waals surface area contributed by atoms with Crippen LogP contribution >= 0.6 is 0 Å². The Morgan fingerprint density at radius 3 is 2.25 bits per heavy atom. The second kappa shape index (κ2) is 7.01. The van der Waals surface area contributed by atoms with Crippen LogP contribution in [0.3, 0.4) is 0 Å². The molecule has 0 amide bonds. The van der Waals surface area contributed by atoms with Crippen LogP contribution < -0.4 is 0 Å². The highest BCUT2D eigenvalue weighted by Crippen LogP contribution is 2.37. The van der Waals surface area contributed by atoms with Crippen LogP contribution in [0.15, 0.2) is 60.9 Å². The molecule has 0 radical (unpaired) electrons. The van der Waals surface area contributed by atoms with Crippen molar-refractivity contribution in [1.29, 1.82) is 5.26 Å². The number of aromatic nitrogens is 3. The lowest BCUT2D eigenvalue weighted by Gasteiger charge is -2.20. The van der Waals surface area contributed by atoms with Crippen molar-refractivity contribution in [3.63, 3.8) is 0 Å². The van der Waals surface area contributed by atoms with Crippen molar-refractivity contribution in [1.82, 2.24) is 14.2 Å². The molecule has 4 heteroatoms. The van der Waals surface area contributed by atoms with Gasteiger partial charge in [0.05, 0.1) is 11.4 Å². The summed E-state index contributed by atoms with van der Waals surface area (Å²) in [5, 5.41) is 14.1. The molecule has 28 heavy (non-hydrogen) atoms. The topological polar surface area (TPSA) is 46.0 Å². The van der Waals surface area contributed by atoms with E-state index in [0.717, 1.165) is 16.9 Å². The number of hydrogen-bond acceptors (Lipinski definition) is 2. The minimum absolute atomic E-state index is 0.371. The smallest absolute Gasteiger partial charge is 0.163 e. The highest BCUT2D eigenvalue weighted by Gasteiger charge is 2.21. The first kappa shape index (κ1) is 18.1. The molecule has 0 fully saturated rings. The summed E-state index contributed by atoms with van der Waals surface area (Å²) >= 11 is 0. The molecule has 0 bridgehead atoms. The van der Waals surface area contributed by atoms with E-state index in [1.54, 1.807) is 0 Å². The maximum Gasteiger partial charge on any atom is 0.163 e. The molecule has 0 spiro atoms. The average molecular weight is 368 g/mol. The van der Waals surface area contributed by atoms with E-state index >= 15 is 0 Å². The Bertz CT molecular complexity index is 1130. The summed E-state index contributed by atoms with van der Waals surface area (Å²) in [7, 11) is 0. The van der Waals surface area contributed by atoms with Crippen molar-refractivity contribution in [2.45, 2.75) is 39.5 Å². The Balaban J connectivity index is 2.02. The number of rotatable bonds is 4. The van der Waals surface area contributed by atoms with Gasteiger partial charge in [-0.1, -0.05) is 52.0 Å². The number of nitriles is 1. The fourth-order valence-electron chi connectivity index (χ4n) is 3.81. The number of hydrogen-bond donors (Lipinski definition) is 0. The molecule has 0 saturated carbocycles. The fourth-order valence-corrected chi connectivity index (χ4v) is 3.81. The minimum Gasteiger partial charge on any atom is -0.322 e. The van der Waals surface area contributed by atoms with Gasteiger partial charge in [0.1, 0.15) is 6.07 Å². The van der Waals surface area contributed by atoms with Crippen molar-refractivity contribution in [2.75, 3.05) is 0 Å². The van der Waals surface area contributed by atoms with E-state index in [-0.39, 0.29) is 0 Å². The summed E-state index contributed by atoms with van der Waals surface area (Å²) in [6, 6.07) is 18.8. The SMILES string of the molecule is CC(C)c1cccc(C(C)C)c1-c1cc(C#N)nn1-c1cc2ccccn2c1. The van der Waals surface area contributed by atoms with Crippen molar-refractivity contribution in [3.8, 4) is 23.0 Å². The molecule has 3 heterocycles. The Kier molecular flexibility index (Phi) is 4.52. The van der Waals surface area contributed by atoms with Gasteiger partial charge in [-0.2, -0.15) is 10.4 Å². The lowest BCUT2D eigenvalue weighted by atomic mass is 9.87. The first-order valence-electron chi connectivity index (χ1n) is 9.70. The van der Waals surface area contributed by atoms with Crippen LogP contribution in [-0.4, -0.2) is 14.2 Å². The summed E-state index contributed by atoms with van der Waals surface area (Å²) in [5.74, 6) is 0.742. The van der Waals surface area contributed by atoms with Crippen LogP contribution in [0.5, 0.6) is 0 Å². The third kappa shape index (κ3) is 2.99. The molecule has 0 aliphatic heterocycles. The maximum atomic E-state index is 9.53. The monoisotopic (exact) mass is 368 g/mol. The van der Waals surface area contributed by atoms with E-state index in [0.29, 0.717) is 17.5 Å². The van der Waals surface area contributed by atoms with Crippen molar-refractivity contribution in [3.05, 3.63) is 77.7 Å². The van der Waals surface area contributed by atoms with Gasteiger partial charge in [0.2, 0.25) is 0 Å². The quantitative estimate of drug-likeness (QED) is 0.449. The molecule has 3 aromatic heterocycles. The van der Waals surface area contributed by atoms with E-state index in [1.165, 1.54) is 16.7 Å². The molecule has 0 atom stereocenters. The summed E-state index contributed by atoms with van der Waals surface area (Å²) in [5.41, 5.74) is 7.20. The molecule has 140 valence electrons. The zero-order valence-corrected chi connectivity index (χ0v) is 16.7. The van der Waals surface area contributed by atoms with Crippen LogP contribution in [0.2, 0.25) is 0 Å². The molecule has 4 rings (SSSR count). The Hall–Kier alpha value is -3.32. The predicted octanol–water partition coefficient (Wildman–Crippen LogP) is 5.91. The van der Waals surface area contributed by atoms with Crippen LogP contribution in [0, 0.1) is 11.3 Å². The van der Waals surface area contributed by atoms with Gasteiger partial charge in [-0.15, -0.1) is 0 Å². The second-order valence-corrected chi connectivity index (χ2v) is 7.79. The van der Waals surface area contributed by atoms with Gasteiger partial charge in [-0.3, -0.25) is 0 Å². The summed E-state index contributed by atoms with van der Waals surface area (Å²) in [4.78, 5) is 0. The third-order valence-electron chi connectivity index (χ3n) is 5.19. The van der Waals surface area contributed by atoms with Gasteiger partial charge in [0.15, 0.2) is 5.69 Å². The summed E-state index contributed by atoms with van der Waals surface area (Å²) in [6.07, 6.45) is 4.08. The average Bonchev–Trinajstić information content (AvgIpc) is 3.30. The van der Waals surface area contributed by atoms with Crippen molar-refractivity contribution >= 4 is 5.52 Å². The molecular formula is C24H24N4. The van der Waals surface area contributed by atoms with E-state index in [9.17, 15) is 5.26 Å². The Morgan fingerprint density at radius 1 is 0.929 bits per heavy atom. The van der Waals surface area contributed by atoms with Gasteiger partial charge in [0, 0.05) is 29.5 Å².